The van der Waals surface area contributed by atoms with Crippen LogP contribution in [0.3, 0.4) is 0 Å². The Kier molecular flexibility index (Phi) is 2.57. The molecule has 0 saturated heterocycles. The van der Waals surface area contributed by atoms with E-state index in [1.54, 1.807) is 0 Å². The monoisotopic (exact) mass is 178 g/mol. The molecule has 72 valence electrons. The van der Waals surface area contributed by atoms with Crippen LogP contribution in [0.15, 0.2) is 0 Å². The van der Waals surface area contributed by atoms with Crippen molar-refractivity contribution in [2.75, 3.05) is 0 Å². The van der Waals surface area contributed by atoms with Crippen molar-refractivity contribution in [1.82, 2.24) is 5.43 Å². The average Bonchev–Trinajstić information content (AvgIpc) is 2.74. The minimum absolute atomic E-state index is 0.361. The van der Waals surface area contributed by atoms with E-state index in [2.05, 4.69) is 11.3 Å². The summed E-state index contributed by atoms with van der Waals surface area (Å²) in [5, 5.41) is 0. The van der Waals surface area contributed by atoms with Crippen LogP contribution in [0, 0.1) is 30.1 Å². The number of fused-ring (bicyclic) bond motifs is 2. The van der Waals surface area contributed by atoms with Gasteiger partial charge in [0.1, 0.15) is 0 Å². The van der Waals surface area contributed by atoms with Gasteiger partial charge < -0.3 is 0 Å². The van der Waals surface area contributed by atoms with Crippen LogP contribution in [0.5, 0.6) is 0 Å². The van der Waals surface area contributed by atoms with Gasteiger partial charge in [-0.25, -0.2) is 0 Å². The summed E-state index contributed by atoms with van der Waals surface area (Å²) in [4.78, 5) is 0. The molecule has 0 heterocycles. The molecular weight excluding hydrogens is 160 g/mol. The lowest BCUT2D eigenvalue weighted by atomic mass is 9.82. The maximum absolute atomic E-state index is 5.52. The molecule has 3 N–H and O–H groups in total. The summed E-state index contributed by atoms with van der Waals surface area (Å²) < 4.78 is 0. The van der Waals surface area contributed by atoms with Crippen molar-refractivity contribution in [3.8, 4) is 12.3 Å². The highest BCUT2D eigenvalue weighted by molar-refractivity contribution is 4.99. The van der Waals surface area contributed by atoms with Crippen molar-refractivity contribution >= 4 is 0 Å². The predicted molar refractivity (Wildman–Crippen MR) is 53.5 cm³/mol. The summed E-state index contributed by atoms with van der Waals surface area (Å²) in [6, 6.07) is 0.361. The molecule has 2 aliphatic rings. The molecule has 2 rings (SSSR count). The number of nitrogens with one attached hydrogen (secondary N) is 1. The van der Waals surface area contributed by atoms with Crippen LogP contribution in [-0.2, 0) is 0 Å². The Morgan fingerprint density at radius 1 is 1.46 bits per heavy atom. The van der Waals surface area contributed by atoms with E-state index in [1.807, 2.05) is 0 Å². The van der Waals surface area contributed by atoms with Crippen molar-refractivity contribution < 1.29 is 0 Å². The first-order chi connectivity index (χ1) is 6.35. The first kappa shape index (κ1) is 9.05. The molecule has 2 nitrogen and oxygen atoms in total. The molecule has 0 amide bonds. The summed E-state index contributed by atoms with van der Waals surface area (Å²) in [6.45, 7) is 0. The second-order valence-corrected chi connectivity index (χ2v) is 4.52. The van der Waals surface area contributed by atoms with Gasteiger partial charge in [0, 0.05) is 12.5 Å². The minimum atomic E-state index is 0.361. The van der Waals surface area contributed by atoms with Gasteiger partial charge >= 0.3 is 0 Å². The number of hydrazine groups is 1. The molecule has 0 aromatic heterocycles. The molecule has 2 heteroatoms. The average molecular weight is 178 g/mol. The molecule has 2 bridgehead atoms. The van der Waals surface area contributed by atoms with Crippen LogP contribution in [0.25, 0.3) is 0 Å². The van der Waals surface area contributed by atoms with Gasteiger partial charge in [0.15, 0.2) is 0 Å². The summed E-state index contributed by atoms with van der Waals surface area (Å²) in [6.07, 6.45) is 11.7. The zero-order valence-corrected chi connectivity index (χ0v) is 8.00. The van der Waals surface area contributed by atoms with Crippen molar-refractivity contribution in [2.45, 2.75) is 38.1 Å². The Balaban J connectivity index is 1.96. The first-order valence-electron chi connectivity index (χ1n) is 5.24. The normalized spacial score (nSPS) is 38.9. The molecule has 0 aromatic carbocycles. The van der Waals surface area contributed by atoms with E-state index in [1.165, 1.54) is 25.7 Å². The van der Waals surface area contributed by atoms with E-state index >= 15 is 0 Å². The summed E-state index contributed by atoms with van der Waals surface area (Å²) in [5.41, 5.74) is 2.89. The van der Waals surface area contributed by atoms with Gasteiger partial charge in [0.05, 0.1) is 0 Å². The van der Waals surface area contributed by atoms with E-state index in [9.17, 15) is 0 Å². The van der Waals surface area contributed by atoms with Gasteiger partial charge in [0.25, 0.3) is 0 Å². The lowest BCUT2D eigenvalue weighted by molar-refractivity contribution is 0.252. The fourth-order valence-electron chi connectivity index (χ4n) is 3.25. The van der Waals surface area contributed by atoms with Crippen molar-refractivity contribution in [1.29, 1.82) is 0 Å². The van der Waals surface area contributed by atoms with Gasteiger partial charge in [-0.1, -0.05) is 6.42 Å². The van der Waals surface area contributed by atoms with Crippen LogP contribution in [0.2, 0.25) is 0 Å². The molecular formula is C11H18N2. The van der Waals surface area contributed by atoms with Gasteiger partial charge in [-0.15, -0.1) is 12.3 Å². The Labute approximate surface area is 80.2 Å². The van der Waals surface area contributed by atoms with E-state index in [0.717, 1.165) is 24.2 Å². The molecule has 13 heavy (non-hydrogen) atoms. The van der Waals surface area contributed by atoms with Crippen LogP contribution in [0.1, 0.15) is 32.1 Å². The highest BCUT2D eigenvalue weighted by Gasteiger charge is 2.42. The first-order valence-corrected chi connectivity index (χ1v) is 5.24. The topological polar surface area (TPSA) is 38.0 Å². The highest BCUT2D eigenvalue weighted by Crippen LogP contribution is 2.49. The highest BCUT2D eigenvalue weighted by atomic mass is 15.2. The molecule has 4 unspecified atom stereocenters. The van der Waals surface area contributed by atoms with Crippen LogP contribution >= 0.6 is 0 Å². The number of terminal acetylenes is 1. The van der Waals surface area contributed by atoms with Crippen molar-refractivity contribution in [2.24, 2.45) is 23.6 Å². The molecule has 2 aliphatic carbocycles. The maximum atomic E-state index is 5.52. The Hall–Kier alpha value is -0.520. The molecule has 0 aliphatic heterocycles. The third-order valence-corrected chi connectivity index (χ3v) is 3.86. The number of nitrogens with two attached hydrogens (primary N) is 1. The SMILES string of the molecule is C#CCC(NN)C1CC2CCC1C2. The number of hydrogen-bond donors (Lipinski definition) is 2. The molecule has 2 fully saturated rings. The van der Waals surface area contributed by atoms with Crippen LogP contribution in [0.4, 0.5) is 0 Å². The van der Waals surface area contributed by atoms with Crippen LogP contribution < -0.4 is 11.3 Å². The molecule has 0 spiro atoms. The maximum Gasteiger partial charge on any atom is 0.0350 e. The predicted octanol–water partition coefficient (Wildman–Crippen LogP) is 1.28. The third-order valence-electron chi connectivity index (χ3n) is 3.86. The zero-order chi connectivity index (χ0) is 9.26. The molecule has 0 aromatic rings. The lowest BCUT2D eigenvalue weighted by Gasteiger charge is -2.28. The standard InChI is InChI=1S/C11H18N2/c1-2-3-11(13-12)10-7-8-4-5-9(10)6-8/h1,8-11,13H,3-7,12H2. The Bertz CT molecular complexity index is 219. The molecule has 0 radical (unpaired) electrons. The summed E-state index contributed by atoms with van der Waals surface area (Å²) >= 11 is 0. The van der Waals surface area contributed by atoms with Crippen molar-refractivity contribution in [3.05, 3.63) is 0 Å². The second-order valence-electron chi connectivity index (χ2n) is 4.52. The third kappa shape index (κ3) is 1.59. The number of hydrogen-bond acceptors (Lipinski definition) is 2. The van der Waals surface area contributed by atoms with E-state index in [-0.39, 0.29) is 0 Å². The summed E-state index contributed by atoms with van der Waals surface area (Å²) in [5.74, 6) is 10.9. The Morgan fingerprint density at radius 3 is 2.77 bits per heavy atom. The van der Waals surface area contributed by atoms with Gasteiger partial charge in [-0.3, -0.25) is 11.3 Å². The van der Waals surface area contributed by atoms with Gasteiger partial charge in [-0.05, 0) is 37.0 Å². The molecule has 2 saturated carbocycles. The van der Waals surface area contributed by atoms with E-state index < -0.39 is 0 Å². The largest absolute Gasteiger partial charge is 0.271 e. The minimum Gasteiger partial charge on any atom is -0.271 e. The fourth-order valence-corrected chi connectivity index (χ4v) is 3.25. The van der Waals surface area contributed by atoms with Crippen LogP contribution in [-0.4, -0.2) is 6.04 Å². The number of rotatable bonds is 3. The zero-order valence-electron chi connectivity index (χ0n) is 8.00. The lowest BCUT2D eigenvalue weighted by Crippen LogP contribution is -2.42. The quantitative estimate of drug-likeness (QED) is 0.388. The van der Waals surface area contributed by atoms with Gasteiger partial charge in [0.2, 0.25) is 0 Å². The fraction of sp³-hybridized carbons (Fsp3) is 0.818. The summed E-state index contributed by atoms with van der Waals surface area (Å²) in [7, 11) is 0. The van der Waals surface area contributed by atoms with E-state index in [4.69, 9.17) is 12.3 Å². The second kappa shape index (κ2) is 3.69. The van der Waals surface area contributed by atoms with Crippen molar-refractivity contribution in [3.63, 3.8) is 0 Å². The van der Waals surface area contributed by atoms with E-state index in [0.29, 0.717) is 6.04 Å². The Morgan fingerprint density at radius 2 is 2.31 bits per heavy atom. The smallest absolute Gasteiger partial charge is 0.0350 e. The van der Waals surface area contributed by atoms with Gasteiger partial charge in [-0.2, -0.15) is 0 Å². The molecule has 4 atom stereocenters.